The van der Waals surface area contributed by atoms with E-state index in [0.29, 0.717) is 18.3 Å². The number of nitrogens with zero attached hydrogens (tertiary/aromatic N) is 1. The molecule has 0 saturated carbocycles. The standard InChI is InChI=1S/C25H22ClNO/c1-2-24(28)27-23-14-13-17(26)15-22(23)19-10-6-12-21(19)25(27)20-11-5-8-16-7-3-4-9-18(16)20/h3-11,13-15,19,21,25H,2,12H2,1H3. The smallest absolute Gasteiger partial charge is 0.227 e. The van der Waals surface area contributed by atoms with Gasteiger partial charge in [-0.15, -0.1) is 0 Å². The number of fused-ring (bicyclic) bond motifs is 4. The van der Waals surface area contributed by atoms with Crippen LogP contribution in [0.2, 0.25) is 5.02 Å². The first-order valence-electron chi connectivity index (χ1n) is 9.95. The number of carbonyl (C=O) groups excluding carboxylic acids is 1. The summed E-state index contributed by atoms with van der Waals surface area (Å²) in [7, 11) is 0. The lowest BCUT2D eigenvalue weighted by Gasteiger charge is -2.45. The van der Waals surface area contributed by atoms with E-state index in [9.17, 15) is 4.79 Å². The summed E-state index contributed by atoms with van der Waals surface area (Å²) in [6.07, 6.45) is 6.01. The summed E-state index contributed by atoms with van der Waals surface area (Å²) in [5.74, 6) is 0.776. The van der Waals surface area contributed by atoms with Crippen LogP contribution in [-0.4, -0.2) is 5.91 Å². The van der Waals surface area contributed by atoms with Crippen molar-refractivity contribution in [3.63, 3.8) is 0 Å². The third-order valence-corrected chi connectivity index (χ3v) is 6.45. The first-order valence-corrected chi connectivity index (χ1v) is 10.3. The summed E-state index contributed by atoms with van der Waals surface area (Å²) in [4.78, 5) is 15.2. The van der Waals surface area contributed by atoms with Crippen LogP contribution in [0.1, 0.15) is 42.9 Å². The highest BCUT2D eigenvalue weighted by Gasteiger charge is 2.44. The maximum atomic E-state index is 13.2. The first kappa shape index (κ1) is 17.5. The van der Waals surface area contributed by atoms with Crippen LogP contribution in [0.3, 0.4) is 0 Å². The van der Waals surface area contributed by atoms with Crippen LogP contribution in [0.15, 0.2) is 72.8 Å². The Morgan fingerprint density at radius 3 is 2.75 bits per heavy atom. The van der Waals surface area contributed by atoms with Gasteiger partial charge in [-0.3, -0.25) is 4.79 Å². The third kappa shape index (κ3) is 2.59. The number of rotatable bonds is 2. The van der Waals surface area contributed by atoms with Gasteiger partial charge in [-0.05, 0) is 52.4 Å². The Labute approximate surface area is 170 Å². The Bertz CT molecular complexity index is 1100. The first-order chi connectivity index (χ1) is 13.7. The van der Waals surface area contributed by atoms with Crippen molar-refractivity contribution in [3.05, 3.63) is 89.0 Å². The molecular weight excluding hydrogens is 366 g/mol. The molecule has 1 amide bonds. The van der Waals surface area contributed by atoms with Gasteiger partial charge in [0.15, 0.2) is 0 Å². The van der Waals surface area contributed by atoms with E-state index < -0.39 is 0 Å². The Morgan fingerprint density at radius 1 is 1.07 bits per heavy atom. The molecule has 1 heterocycles. The SMILES string of the molecule is CCC(=O)N1c2ccc(Cl)cc2C2C=CCC2C1c1cccc2ccccc12. The summed E-state index contributed by atoms with van der Waals surface area (Å²) in [6.45, 7) is 1.94. The molecule has 3 atom stereocenters. The molecule has 2 nitrogen and oxygen atoms in total. The van der Waals surface area contributed by atoms with E-state index in [1.54, 1.807) is 0 Å². The number of allylic oxidation sites excluding steroid dienone is 2. The van der Waals surface area contributed by atoms with E-state index in [1.165, 1.54) is 21.9 Å². The quantitative estimate of drug-likeness (QED) is 0.450. The maximum Gasteiger partial charge on any atom is 0.227 e. The number of anilines is 1. The zero-order valence-corrected chi connectivity index (χ0v) is 16.6. The summed E-state index contributed by atoms with van der Waals surface area (Å²) in [5.41, 5.74) is 3.41. The molecule has 0 N–H and O–H groups in total. The van der Waals surface area contributed by atoms with Crippen molar-refractivity contribution in [1.82, 2.24) is 0 Å². The fraction of sp³-hybridized carbons (Fsp3) is 0.240. The number of halogens is 1. The second-order valence-electron chi connectivity index (χ2n) is 7.69. The van der Waals surface area contributed by atoms with Crippen LogP contribution in [0.25, 0.3) is 10.8 Å². The van der Waals surface area contributed by atoms with Crippen molar-refractivity contribution in [2.45, 2.75) is 31.7 Å². The predicted octanol–water partition coefficient (Wildman–Crippen LogP) is 6.65. The van der Waals surface area contributed by atoms with Crippen molar-refractivity contribution in [2.75, 3.05) is 4.90 Å². The molecular formula is C25H22ClNO. The zero-order chi connectivity index (χ0) is 19.3. The average molecular weight is 388 g/mol. The van der Waals surface area contributed by atoms with Gasteiger partial charge in [-0.25, -0.2) is 0 Å². The predicted molar refractivity (Wildman–Crippen MR) is 116 cm³/mol. The molecule has 0 radical (unpaired) electrons. The van der Waals surface area contributed by atoms with E-state index >= 15 is 0 Å². The summed E-state index contributed by atoms with van der Waals surface area (Å²) in [5, 5.41) is 3.17. The van der Waals surface area contributed by atoms with E-state index in [0.717, 1.165) is 17.1 Å². The van der Waals surface area contributed by atoms with Gasteiger partial charge in [-0.2, -0.15) is 0 Å². The van der Waals surface area contributed by atoms with E-state index in [1.807, 2.05) is 30.0 Å². The fourth-order valence-electron chi connectivity index (χ4n) is 5.02. The molecule has 0 aromatic heterocycles. The van der Waals surface area contributed by atoms with Crippen LogP contribution in [0.5, 0.6) is 0 Å². The topological polar surface area (TPSA) is 20.3 Å². The van der Waals surface area contributed by atoms with Gasteiger partial charge in [0.25, 0.3) is 0 Å². The summed E-state index contributed by atoms with van der Waals surface area (Å²) in [6, 6.07) is 20.9. The van der Waals surface area contributed by atoms with Crippen molar-refractivity contribution in [3.8, 4) is 0 Å². The Hall–Kier alpha value is -2.58. The minimum absolute atomic E-state index is 0.0206. The van der Waals surface area contributed by atoms with Crippen LogP contribution in [-0.2, 0) is 4.79 Å². The minimum atomic E-state index is 0.0206. The molecule has 2 aliphatic rings. The molecule has 0 fully saturated rings. The summed E-state index contributed by atoms with van der Waals surface area (Å²) >= 11 is 6.33. The number of carbonyl (C=O) groups is 1. The van der Waals surface area contributed by atoms with Gasteiger partial charge >= 0.3 is 0 Å². The molecule has 3 unspecified atom stereocenters. The van der Waals surface area contributed by atoms with Gasteiger partial charge in [0.05, 0.1) is 6.04 Å². The number of amides is 1. The van der Waals surface area contributed by atoms with Gasteiger partial charge < -0.3 is 4.90 Å². The van der Waals surface area contributed by atoms with Crippen LogP contribution < -0.4 is 4.90 Å². The molecule has 1 aliphatic heterocycles. The van der Waals surface area contributed by atoms with E-state index in [-0.39, 0.29) is 11.9 Å². The zero-order valence-electron chi connectivity index (χ0n) is 15.8. The second-order valence-corrected chi connectivity index (χ2v) is 8.12. The monoisotopic (exact) mass is 387 g/mol. The highest BCUT2D eigenvalue weighted by atomic mass is 35.5. The molecule has 5 rings (SSSR count). The molecule has 28 heavy (non-hydrogen) atoms. The van der Waals surface area contributed by atoms with Gasteiger partial charge in [-0.1, -0.05) is 73.1 Å². The largest absolute Gasteiger partial charge is 0.304 e. The lowest BCUT2D eigenvalue weighted by Crippen LogP contribution is -2.43. The minimum Gasteiger partial charge on any atom is -0.304 e. The van der Waals surface area contributed by atoms with Gasteiger partial charge in [0.1, 0.15) is 0 Å². The Balaban J connectivity index is 1.78. The number of hydrogen-bond donors (Lipinski definition) is 0. The molecule has 0 spiro atoms. The number of hydrogen-bond acceptors (Lipinski definition) is 1. The number of benzene rings is 3. The van der Waals surface area contributed by atoms with Gasteiger partial charge in [0, 0.05) is 23.0 Å². The van der Waals surface area contributed by atoms with Crippen molar-refractivity contribution in [1.29, 1.82) is 0 Å². The molecule has 1 aliphatic carbocycles. The van der Waals surface area contributed by atoms with Crippen molar-refractivity contribution < 1.29 is 4.79 Å². The Morgan fingerprint density at radius 2 is 1.89 bits per heavy atom. The molecule has 0 saturated heterocycles. The van der Waals surface area contributed by atoms with Crippen LogP contribution in [0.4, 0.5) is 5.69 Å². The van der Waals surface area contributed by atoms with Crippen molar-refractivity contribution >= 4 is 34.0 Å². The fourth-order valence-corrected chi connectivity index (χ4v) is 5.20. The van der Waals surface area contributed by atoms with Crippen molar-refractivity contribution in [2.24, 2.45) is 5.92 Å². The average Bonchev–Trinajstić information content (AvgIpc) is 3.22. The second kappa shape index (κ2) is 6.79. The molecule has 3 heteroatoms. The van der Waals surface area contributed by atoms with Gasteiger partial charge in [0.2, 0.25) is 5.91 Å². The lowest BCUT2D eigenvalue weighted by molar-refractivity contribution is -0.119. The molecule has 3 aromatic rings. The third-order valence-electron chi connectivity index (χ3n) is 6.22. The van der Waals surface area contributed by atoms with E-state index in [4.69, 9.17) is 11.6 Å². The maximum absolute atomic E-state index is 13.2. The summed E-state index contributed by atoms with van der Waals surface area (Å²) < 4.78 is 0. The van der Waals surface area contributed by atoms with E-state index in [2.05, 4.69) is 54.6 Å². The molecule has 140 valence electrons. The molecule has 3 aromatic carbocycles. The lowest BCUT2D eigenvalue weighted by atomic mass is 9.74. The normalized spacial score (nSPS) is 22.9. The Kier molecular flexibility index (Phi) is 4.25. The van der Waals surface area contributed by atoms with Crippen LogP contribution >= 0.6 is 11.6 Å². The molecule has 0 bridgehead atoms. The van der Waals surface area contributed by atoms with Crippen LogP contribution in [0, 0.1) is 5.92 Å². The highest BCUT2D eigenvalue weighted by Crippen LogP contribution is 2.54. The highest BCUT2D eigenvalue weighted by molar-refractivity contribution is 6.30.